The monoisotopic (exact) mass is 322 g/mol. The molecule has 0 aliphatic carbocycles. The van der Waals surface area contributed by atoms with Crippen LogP contribution in [0.25, 0.3) is 5.57 Å². The molecule has 0 unspecified atom stereocenters. The molecule has 2 aromatic carbocycles. The topological polar surface area (TPSA) is 86.7 Å². The van der Waals surface area contributed by atoms with Crippen molar-refractivity contribution in [2.45, 2.75) is 6.92 Å². The average molecular weight is 322 g/mol. The summed E-state index contributed by atoms with van der Waals surface area (Å²) in [5, 5.41) is 12.7. The molecular weight excluding hydrogens is 308 g/mol. The van der Waals surface area contributed by atoms with Crippen LogP contribution in [0, 0.1) is 0 Å². The molecule has 120 valence electrons. The van der Waals surface area contributed by atoms with Gasteiger partial charge in [-0.1, -0.05) is 30.3 Å². The highest BCUT2D eigenvalue weighted by Gasteiger charge is 2.40. The van der Waals surface area contributed by atoms with E-state index in [0.29, 0.717) is 16.9 Å². The summed E-state index contributed by atoms with van der Waals surface area (Å²) in [7, 11) is 0. The van der Waals surface area contributed by atoms with Gasteiger partial charge in [0, 0.05) is 12.6 Å². The molecule has 24 heavy (non-hydrogen) atoms. The molecule has 1 aliphatic heterocycles. The molecule has 0 radical (unpaired) electrons. The van der Waals surface area contributed by atoms with Gasteiger partial charge in [-0.05, 0) is 29.8 Å². The lowest BCUT2D eigenvalue weighted by Crippen LogP contribution is -2.31. The maximum absolute atomic E-state index is 12.6. The zero-order valence-corrected chi connectivity index (χ0v) is 12.8. The molecule has 0 fully saturated rings. The number of aliphatic hydroxyl groups excluding tert-OH is 1. The zero-order chi connectivity index (χ0) is 17.3. The number of aliphatic hydroxyl groups is 1. The lowest BCUT2D eigenvalue weighted by atomic mass is 10.1. The van der Waals surface area contributed by atoms with Gasteiger partial charge in [0.2, 0.25) is 5.91 Å². The molecular formula is C18H14N2O4. The first-order valence-corrected chi connectivity index (χ1v) is 7.24. The van der Waals surface area contributed by atoms with Crippen molar-refractivity contribution < 1.29 is 19.5 Å². The Bertz CT molecular complexity index is 854. The third kappa shape index (κ3) is 2.65. The number of hydrogen-bond acceptors (Lipinski definition) is 4. The molecule has 2 N–H and O–H groups in total. The molecule has 3 rings (SSSR count). The molecule has 0 saturated carbocycles. The maximum Gasteiger partial charge on any atom is 0.301 e. The van der Waals surface area contributed by atoms with Gasteiger partial charge in [0.1, 0.15) is 0 Å². The summed E-state index contributed by atoms with van der Waals surface area (Å²) in [5.41, 5.74) is 1.29. The number of carbonyl (C=O) groups is 3. The number of benzene rings is 2. The molecule has 0 bridgehead atoms. The predicted molar refractivity (Wildman–Crippen MR) is 89.2 cm³/mol. The summed E-state index contributed by atoms with van der Waals surface area (Å²) < 4.78 is 0. The largest absolute Gasteiger partial charge is 0.502 e. The van der Waals surface area contributed by atoms with Gasteiger partial charge in [-0.3, -0.25) is 14.4 Å². The first-order chi connectivity index (χ1) is 11.5. The molecule has 6 nitrogen and oxygen atoms in total. The van der Waals surface area contributed by atoms with Crippen molar-refractivity contribution >= 4 is 34.7 Å². The highest BCUT2D eigenvalue weighted by Crippen LogP contribution is 2.32. The number of nitrogens with zero attached hydrogens (tertiary/aromatic N) is 1. The number of amides is 3. The summed E-state index contributed by atoms with van der Waals surface area (Å²) in [4.78, 5) is 36.8. The third-order valence-electron chi connectivity index (χ3n) is 3.57. The van der Waals surface area contributed by atoms with Crippen LogP contribution in [0.1, 0.15) is 12.5 Å². The van der Waals surface area contributed by atoms with Crippen LogP contribution in [0.15, 0.2) is 60.4 Å². The first kappa shape index (κ1) is 15.5. The van der Waals surface area contributed by atoms with Crippen molar-refractivity contribution in [1.29, 1.82) is 0 Å². The van der Waals surface area contributed by atoms with Crippen LogP contribution in [0.2, 0.25) is 0 Å². The van der Waals surface area contributed by atoms with E-state index in [1.165, 1.54) is 6.92 Å². The van der Waals surface area contributed by atoms with E-state index in [-0.39, 0.29) is 11.5 Å². The fourth-order valence-corrected chi connectivity index (χ4v) is 2.51. The van der Waals surface area contributed by atoms with E-state index in [1.54, 1.807) is 54.6 Å². The van der Waals surface area contributed by atoms with Crippen LogP contribution in [0.3, 0.4) is 0 Å². The van der Waals surface area contributed by atoms with Gasteiger partial charge in [0.05, 0.1) is 11.3 Å². The number of hydrogen-bond donors (Lipinski definition) is 2. The van der Waals surface area contributed by atoms with Crippen LogP contribution in [-0.2, 0) is 14.4 Å². The zero-order valence-electron chi connectivity index (χ0n) is 12.8. The average Bonchev–Trinajstić information content (AvgIpc) is 2.78. The van der Waals surface area contributed by atoms with Gasteiger partial charge in [-0.2, -0.15) is 0 Å². The first-order valence-electron chi connectivity index (χ1n) is 7.24. The van der Waals surface area contributed by atoms with Gasteiger partial charge < -0.3 is 10.4 Å². The number of imide groups is 1. The van der Waals surface area contributed by atoms with Crippen molar-refractivity contribution in [3.05, 3.63) is 65.9 Å². The van der Waals surface area contributed by atoms with E-state index in [0.717, 1.165) is 4.90 Å². The number of para-hydroxylation sites is 1. The Hall–Kier alpha value is -3.41. The highest BCUT2D eigenvalue weighted by molar-refractivity contribution is 6.44. The molecule has 1 heterocycles. The quantitative estimate of drug-likeness (QED) is 0.850. The van der Waals surface area contributed by atoms with Gasteiger partial charge in [0.25, 0.3) is 5.91 Å². The number of carbonyl (C=O) groups excluding carboxylic acids is 3. The van der Waals surface area contributed by atoms with Gasteiger partial charge in [0.15, 0.2) is 5.76 Å². The van der Waals surface area contributed by atoms with Crippen LogP contribution >= 0.6 is 0 Å². The molecule has 0 spiro atoms. The van der Waals surface area contributed by atoms with Crippen molar-refractivity contribution in [3.8, 4) is 0 Å². The van der Waals surface area contributed by atoms with Gasteiger partial charge in [-0.15, -0.1) is 0 Å². The van der Waals surface area contributed by atoms with E-state index < -0.39 is 17.6 Å². The van der Waals surface area contributed by atoms with E-state index in [1.807, 2.05) is 0 Å². The number of anilines is 2. The van der Waals surface area contributed by atoms with E-state index in [4.69, 9.17) is 0 Å². The van der Waals surface area contributed by atoms with E-state index in [2.05, 4.69) is 5.32 Å². The fraction of sp³-hybridized carbons (Fsp3) is 0.0556. The van der Waals surface area contributed by atoms with Crippen LogP contribution in [0.5, 0.6) is 0 Å². The normalized spacial score (nSPS) is 14.3. The molecule has 1 aliphatic rings. The molecule has 0 atom stereocenters. The molecule has 6 heteroatoms. The fourth-order valence-electron chi connectivity index (χ4n) is 2.51. The SMILES string of the molecule is CC(=O)Nc1ccc(C2=C(O)C(=O)N(c3ccccc3)C2=O)cc1. The van der Waals surface area contributed by atoms with Gasteiger partial charge in [-0.25, -0.2) is 4.90 Å². The van der Waals surface area contributed by atoms with Crippen molar-refractivity contribution in [2.24, 2.45) is 0 Å². The van der Waals surface area contributed by atoms with E-state index >= 15 is 0 Å². The van der Waals surface area contributed by atoms with Crippen molar-refractivity contribution in [2.75, 3.05) is 10.2 Å². The van der Waals surface area contributed by atoms with Crippen molar-refractivity contribution in [3.63, 3.8) is 0 Å². The van der Waals surface area contributed by atoms with Crippen LogP contribution in [-0.4, -0.2) is 22.8 Å². The number of nitrogens with one attached hydrogen (secondary N) is 1. The molecule has 0 saturated heterocycles. The molecule has 0 aromatic heterocycles. The van der Waals surface area contributed by atoms with Gasteiger partial charge >= 0.3 is 5.91 Å². The standard InChI is InChI=1S/C18H14N2O4/c1-11(21)19-13-9-7-12(8-10-13)15-16(22)18(24)20(17(15)23)14-5-3-2-4-6-14/h2-10,22H,1H3,(H,19,21). The lowest BCUT2D eigenvalue weighted by molar-refractivity contribution is -0.121. The Morgan fingerprint density at radius 3 is 2.17 bits per heavy atom. The molecule has 3 amide bonds. The smallest absolute Gasteiger partial charge is 0.301 e. The third-order valence-corrected chi connectivity index (χ3v) is 3.57. The number of rotatable bonds is 3. The summed E-state index contributed by atoms with van der Waals surface area (Å²) in [6.07, 6.45) is 0. The Morgan fingerprint density at radius 1 is 0.958 bits per heavy atom. The maximum atomic E-state index is 12.6. The Balaban J connectivity index is 1.95. The second-order valence-electron chi connectivity index (χ2n) is 5.26. The highest BCUT2D eigenvalue weighted by atomic mass is 16.3. The van der Waals surface area contributed by atoms with Crippen molar-refractivity contribution in [1.82, 2.24) is 0 Å². The second-order valence-corrected chi connectivity index (χ2v) is 5.26. The minimum absolute atomic E-state index is 0.0572. The summed E-state index contributed by atoms with van der Waals surface area (Å²) in [6.45, 7) is 1.39. The van der Waals surface area contributed by atoms with Crippen LogP contribution in [0.4, 0.5) is 11.4 Å². The minimum atomic E-state index is -0.757. The summed E-state index contributed by atoms with van der Waals surface area (Å²) in [6, 6.07) is 14.7. The summed E-state index contributed by atoms with van der Waals surface area (Å²) >= 11 is 0. The van der Waals surface area contributed by atoms with E-state index in [9.17, 15) is 19.5 Å². The van der Waals surface area contributed by atoms with Crippen LogP contribution < -0.4 is 10.2 Å². The Morgan fingerprint density at radius 2 is 1.58 bits per heavy atom. The second kappa shape index (κ2) is 6.00. The predicted octanol–water partition coefficient (Wildman–Crippen LogP) is 2.49. The molecule has 2 aromatic rings. The summed E-state index contributed by atoms with van der Waals surface area (Å²) in [5.74, 6) is -2.15. The Kier molecular flexibility index (Phi) is 3.87. The minimum Gasteiger partial charge on any atom is -0.502 e. The Labute approximate surface area is 138 Å². The lowest BCUT2D eigenvalue weighted by Gasteiger charge is -2.14.